The average molecular weight is 477 g/mol. The molecule has 0 aliphatic heterocycles. The zero-order valence-electron chi connectivity index (χ0n) is 19.4. The van der Waals surface area contributed by atoms with Crippen molar-refractivity contribution in [3.8, 4) is 0 Å². The van der Waals surface area contributed by atoms with Gasteiger partial charge in [0.25, 0.3) is 0 Å². The molecule has 2 atom stereocenters. The standard InChI is InChI=1S/2C14H16ClF/c1-9-3-6-11(7-4-9)12-8-5-10(2)14(16)13(12)15;1-9-3-6-11(7-4-9)12-8-5-10(2)13(15)14(12)16/h2*5-6,8-9H,3-4,7H2,1-2H3. The van der Waals surface area contributed by atoms with E-state index in [1.807, 2.05) is 25.1 Å². The molecule has 2 unspecified atom stereocenters. The van der Waals surface area contributed by atoms with Gasteiger partial charge in [-0.25, -0.2) is 8.78 Å². The van der Waals surface area contributed by atoms with Gasteiger partial charge in [0.05, 0.1) is 10.0 Å². The summed E-state index contributed by atoms with van der Waals surface area (Å²) in [5.41, 5.74) is 5.27. The molecule has 0 aromatic heterocycles. The fraction of sp³-hybridized carbons (Fsp3) is 0.429. The van der Waals surface area contributed by atoms with Crippen LogP contribution in [-0.2, 0) is 0 Å². The minimum absolute atomic E-state index is 0.261. The average Bonchev–Trinajstić information content (AvgIpc) is 2.78. The fourth-order valence-electron chi connectivity index (χ4n) is 4.21. The lowest BCUT2D eigenvalue weighted by Gasteiger charge is -2.19. The molecule has 4 heteroatoms. The van der Waals surface area contributed by atoms with E-state index in [1.54, 1.807) is 13.0 Å². The Morgan fingerprint density at radius 1 is 0.688 bits per heavy atom. The molecule has 2 aliphatic carbocycles. The Morgan fingerprint density at radius 2 is 1.19 bits per heavy atom. The van der Waals surface area contributed by atoms with E-state index in [2.05, 4.69) is 26.0 Å². The third kappa shape index (κ3) is 5.83. The maximum absolute atomic E-state index is 14.0. The SMILES string of the molecule is Cc1ccc(C2=CCC(C)CC2)c(Cl)c1F.Cc1ccc(C2=CCC(C)CC2)c(F)c1Cl. The number of hydrogen-bond donors (Lipinski definition) is 0. The van der Waals surface area contributed by atoms with Gasteiger partial charge in [0.1, 0.15) is 11.6 Å². The normalized spacial score (nSPS) is 20.8. The summed E-state index contributed by atoms with van der Waals surface area (Å²) in [6.07, 6.45) is 10.7. The quantitative estimate of drug-likeness (QED) is 0.404. The first kappa shape index (κ1) is 25.0. The first-order valence-corrected chi connectivity index (χ1v) is 12.2. The molecule has 0 bridgehead atoms. The molecule has 2 aliphatic rings. The van der Waals surface area contributed by atoms with Crippen LogP contribution in [0.1, 0.15) is 74.6 Å². The highest BCUT2D eigenvalue weighted by Crippen LogP contribution is 2.36. The van der Waals surface area contributed by atoms with E-state index in [0.717, 1.165) is 61.1 Å². The first-order chi connectivity index (χ1) is 15.2. The zero-order chi connectivity index (χ0) is 23.4. The molecular formula is C28H32Cl2F2. The van der Waals surface area contributed by atoms with Crippen LogP contribution in [0.4, 0.5) is 8.78 Å². The molecule has 2 aromatic carbocycles. The maximum atomic E-state index is 14.0. The Labute approximate surface area is 201 Å². The molecule has 0 radical (unpaired) electrons. The van der Waals surface area contributed by atoms with Crippen molar-refractivity contribution < 1.29 is 8.78 Å². The summed E-state index contributed by atoms with van der Waals surface area (Å²) in [5, 5.41) is 0.540. The number of aryl methyl sites for hydroxylation is 2. The van der Waals surface area contributed by atoms with Crippen LogP contribution in [0, 0.1) is 37.3 Å². The molecule has 0 amide bonds. The lowest BCUT2D eigenvalue weighted by atomic mass is 9.87. The van der Waals surface area contributed by atoms with Crippen molar-refractivity contribution in [2.75, 3.05) is 0 Å². The van der Waals surface area contributed by atoms with Gasteiger partial charge in [0.15, 0.2) is 0 Å². The molecule has 0 fully saturated rings. The van der Waals surface area contributed by atoms with Gasteiger partial charge in [0.2, 0.25) is 0 Å². The van der Waals surface area contributed by atoms with Crippen LogP contribution in [0.3, 0.4) is 0 Å². The van der Waals surface area contributed by atoms with E-state index < -0.39 is 0 Å². The van der Waals surface area contributed by atoms with E-state index in [4.69, 9.17) is 23.2 Å². The van der Waals surface area contributed by atoms with E-state index >= 15 is 0 Å². The number of benzene rings is 2. The Hall–Kier alpha value is -1.64. The molecule has 4 rings (SSSR count). The minimum atomic E-state index is -0.279. The maximum Gasteiger partial charge on any atom is 0.149 e. The highest BCUT2D eigenvalue weighted by Gasteiger charge is 2.18. The van der Waals surface area contributed by atoms with Crippen molar-refractivity contribution in [2.45, 2.75) is 66.2 Å². The Balaban J connectivity index is 0.000000181. The van der Waals surface area contributed by atoms with Crippen LogP contribution in [0.5, 0.6) is 0 Å². The van der Waals surface area contributed by atoms with Gasteiger partial charge in [-0.1, -0.05) is 73.5 Å². The predicted octanol–water partition coefficient (Wildman–Crippen LogP) is 9.98. The second-order valence-electron chi connectivity index (χ2n) is 9.33. The Morgan fingerprint density at radius 3 is 1.72 bits per heavy atom. The van der Waals surface area contributed by atoms with Crippen molar-refractivity contribution >= 4 is 34.3 Å². The van der Waals surface area contributed by atoms with Crippen LogP contribution in [0.15, 0.2) is 36.4 Å². The Kier molecular flexibility index (Phi) is 8.58. The van der Waals surface area contributed by atoms with Crippen molar-refractivity contribution in [2.24, 2.45) is 11.8 Å². The van der Waals surface area contributed by atoms with Crippen molar-refractivity contribution in [1.82, 2.24) is 0 Å². The molecular weight excluding hydrogens is 445 g/mol. The molecule has 0 saturated heterocycles. The van der Waals surface area contributed by atoms with E-state index in [9.17, 15) is 8.78 Å². The van der Waals surface area contributed by atoms with Crippen LogP contribution in [0.2, 0.25) is 10.0 Å². The lowest BCUT2D eigenvalue weighted by molar-refractivity contribution is 0.531. The molecule has 0 saturated carbocycles. The third-order valence-corrected chi connectivity index (χ3v) is 7.42. The third-order valence-electron chi connectivity index (χ3n) is 6.59. The van der Waals surface area contributed by atoms with E-state index in [1.165, 1.54) is 5.57 Å². The number of allylic oxidation sites excluding steroid dienone is 4. The summed E-state index contributed by atoms with van der Waals surface area (Å²) in [5.74, 6) is 0.909. The molecule has 0 nitrogen and oxygen atoms in total. The molecule has 2 aromatic rings. The van der Waals surface area contributed by atoms with Crippen molar-refractivity contribution in [1.29, 1.82) is 0 Å². The van der Waals surface area contributed by atoms with Crippen molar-refractivity contribution in [3.05, 3.63) is 80.4 Å². The van der Waals surface area contributed by atoms with Gasteiger partial charge < -0.3 is 0 Å². The summed E-state index contributed by atoms with van der Waals surface area (Å²) in [7, 11) is 0. The number of halogens is 4. The lowest BCUT2D eigenvalue weighted by Crippen LogP contribution is -2.02. The molecule has 172 valence electrons. The molecule has 0 spiro atoms. The number of hydrogen-bond acceptors (Lipinski definition) is 0. The van der Waals surface area contributed by atoms with Crippen LogP contribution < -0.4 is 0 Å². The Bertz CT molecular complexity index is 953. The number of rotatable bonds is 2. The highest BCUT2D eigenvalue weighted by atomic mass is 35.5. The van der Waals surface area contributed by atoms with Crippen molar-refractivity contribution in [3.63, 3.8) is 0 Å². The van der Waals surface area contributed by atoms with Gasteiger partial charge in [-0.15, -0.1) is 0 Å². The van der Waals surface area contributed by atoms with Gasteiger partial charge in [-0.05, 0) is 92.0 Å². The highest BCUT2D eigenvalue weighted by molar-refractivity contribution is 6.32. The summed E-state index contributed by atoms with van der Waals surface area (Å²) < 4.78 is 27.6. The second kappa shape index (κ2) is 11.0. The fourth-order valence-corrected chi connectivity index (χ4v) is 4.71. The smallest absolute Gasteiger partial charge is 0.149 e. The summed E-state index contributed by atoms with van der Waals surface area (Å²) in [6.45, 7) is 8.03. The molecule has 0 N–H and O–H groups in total. The van der Waals surface area contributed by atoms with E-state index in [0.29, 0.717) is 17.0 Å². The van der Waals surface area contributed by atoms with Gasteiger partial charge in [0, 0.05) is 5.56 Å². The van der Waals surface area contributed by atoms with E-state index in [-0.39, 0.29) is 21.7 Å². The zero-order valence-corrected chi connectivity index (χ0v) is 20.9. The minimum Gasteiger partial charge on any atom is -0.205 e. The molecule has 0 heterocycles. The second-order valence-corrected chi connectivity index (χ2v) is 10.1. The summed E-state index contributed by atoms with van der Waals surface area (Å²) >= 11 is 12.0. The first-order valence-electron chi connectivity index (χ1n) is 11.5. The predicted molar refractivity (Wildman–Crippen MR) is 134 cm³/mol. The largest absolute Gasteiger partial charge is 0.205 e. The monoisotopic (exact) mass is 476 g/mol. The summed E-state index contributed by atoms with van der Waals surface area (Å²) in [6, 6.07) is 7.47. The molecule has 32 heavy (non-hydrogen) atoms. The van der Waals surface area contributed by atoms with Crippen LogP contribution in [0.25, 0.3) is 11.1 Å². The van der Waals surface area contributed by atoms with Crippen LogP contribution in [-0.4, -0.2) is 0 Å². The topological polar surface area (TPSA) is 0 Å². The van der Waals surface area contributed by atoms with Gasteiger partial charge >= 0.3 is 0 Å². The van der Waals surface area contributed by atoms with Crippen LogP contribution >= 0.6 is 23.2 Å². The van der Waals surface area contributed by atoms with Gasteiger partial charge in [-0.3, -0.25) is 0 Å². The summed E-state index contributed by atoms with van der Waals surface area (Å²) in [4.78, 5) is 0. The van der Waals surface area contributed by atoms with Gasteiger partial charge in [-0.2, -0.15) is 0 Å².